The summed E-state index contributed by atoms with van der Waals surface area (Å²) in [7, 11) is -1.70. The summed E-state index contributed by atoms with van der Waals surface area (Å²) in [5.41, 5.74) is 0.725. The van der Waals surface area contributed by atoms with E-state index in [4.69, 9.17) is 9.47 Å². The summed E-state index contributed by atoms with van der Waals surface area (Å²) in [6, 6.07) is 7.82. The van der Waals surface area contributed by atoms with Crippen molar-refractivity contribution in [1.82, 2.24) is 9.21 Å². The molecule has 3 aliphatic rings. The van der Waals surface area contributed by atoms with E-state index in [1.165, 1.54) is 10.6 Å². The lowest BCUT2D eigenvalue weighted by molar-refractivity contribution is -0.150. The Kier molecular flexibility index (Phi) is 5.93. The van der Waals surface area contributed by atoms with Crippen LogP contribution in [-0.4, -0.2) is 87.7 Å². The Morgan fingerprint density at radius 3 is 2.34 bits per heavy atom. The first-order valence-electron chi connectivity index (χ1n) is 10.7. The summed E-state index contributed by atoms with van der Waals surface area (Å²) in [5.74, 6) is 0.105. The molecule has 1 aromatic rings. The third-order valence-corrected chi connectivity index (χ3v) is 7.93. The highest BCUT2D eigenvalue weighted by Gasteiger charge is 2.52. The van der Waals surface area contributed by atoms with Gasteiger partial charge in [-0.2, -0.15) is 0 Å². The van der Waals surface area contributed by atoms with E-state index in [-0.39, 0.29) is 31.8 Å². The lowest BCUT2D eigenvalue weighted by atomic mass is 9.83. The van der Waals surface area contributed by atoms with Gasteiger partial charge in [0.1, 0.15) is 11.4 Å². The molecule has 3 aliphatic heterocycles. The molecule has 0 saturated carbocycles. The van der Waals surface area contributed by atoms with Crippen molar-refractivity contribution in [3.05, 3.63) is 35.4 Å². The molecule has 3 heterocycles. The SMILES string of the molecule is COc1cccc(N2CCN(C(=O)C3=C(C)C(=O)OC34CCN(S(C)(=O)=O)CC4)CC2)c1. The number of piperazine rings is 1. The van der Waals surface area contributed by atoms with Gasteiger partial charge in [0.05, 0.1) is 18.9 Å². The summed E-state index contributed by atoms with van der Waals surface area (Å²) in [6.07, 6.45) is 1.74. The zero-order valence-electron chi connectivity index (χ0n) is 18.7. The van der Waals surface area contributed by atoms with Crippen LogP contribution in [0.2, 0.25) is 0 Å². The van der Waals surface area contributed by atoms with Crippen LogP contribution >= 0.6 is 0 Å². The van der Waals surface area contributed by atoms with Crippen molar-refractivity contribution in [3.63, 3.8) is 0 Å². The normalized spacial score (nSPS) is 21.8. The Bertz CT molecular complexity index is 1050. The van der Waals surface area contributed by atoms with Crippen LogP contribution in [-0.2, 0) is 24.3 Å². The van der Waals surface area contributed by atoms with Gasteiger partial charge in [-0.25, -0.2) is 17.5 Å². The Morgan fingerprint density at radius 2 is 1.75 bits per heavy atom. The molecule has 9 nitrogen and oxygen atoms in total. The first kappa shape index (κ1) is 22.6. The van der Waals surface area contributed by atoms with Crippen LogP contribution in [0.25, 0.3) is 0 Å². The molecular formula is C22H29N3O6S. The van der Waals surface area contributed by atoms with Gasteiger partial charge in [0.2, 0.25) is 10.0 Å². The molecule has 0 radical (unpaired) electrons. The number of benzene rings is 1. The van der Waals surface area contributed by atoms with E-state index >= 15 is 0 Å². The maximum absolute atomic E-state index is 13.5. The van der Waals surface area contributed by atoms with Gasteiger partial charge in [-0.1, -0.05) is 6.07 Å². The van der Waals surface area contributed by atoms with Crippen molar-refractivity contribution in [2.45, 2.75) is 25.4 Å². The molecule has 1 amide bonds. The summed E-state index contributed by atoms with van der Waals surface area (Å²) in [5, 5.41) is 0. The lowest BCUT2D eigenvalue weighted by Gasteiger charge is -2.41. The number of carbonyl (C=O) groups excluding carboxylic acids is 2. The van der Waals surface area contributed by atoms with Gasteiger partial charge in [-0.15, -0.1) is 0 Å². The highest BCUT2D eigenvalue weighted by molar-refractivity contribution is 7.88. The fourth-order valence-electron chi connectivity index (χ4n) is 4.77. The van der Waals surface area contributed by atoms with Crippen molar-refractivity contribution in [2.24, 2.45) is 0 Å². The van der Waals surface area contributed by atoms with Gasteiger partial charge in [0.25, 0.3) is 5.91 Å². The highest BCUT2D eigenvalue weighted by Crippen LogP contribution is 2.42. The number of nitrogens with zero attached hydrogens (tertiary/aromatic N) is 3. The predicted octanol–water partition coefficient (Wildman–Crippen LogP) is 1.01. The van der Waals surface area contributed by atoms with E-state index < -0.39 is 21.6 Å². The number of rotatable bonds is 4. The van der Waals surface area contributed by atoms with Crippen LogP contribution in [0.4, 0.5) is 5.69 Å². The second-order valence-electron chi connectivity index (χ2n) is 8.53. The summed E-state index contributed by atoms with van der Waals surface area (Å²) >= 11 is 0. The number of hydrogen-bond acceptors (Lipinski definition) is 7. The van der Waals surface area contributed by atoms with Crippen LogP contribution in [0, 0.1) is 0 Å². The molecule has 1 aromatic carbocycles. The molecule has 0 aliphatic carbocycles. The van der Waals surface area contributed by atoms with Crippen LogP contribution in [0.5, 0.6) is 5.75 Å². The molecular weight excluding hydrogens is 434 g/mol. The third-order valence-electron chi connectivity index (χ3n) is 6.62. The summed E-state index contributed by atoms with van der Waals surface area (Å²) in [4.78, 5) is 29.9. The largest absolute Gasteiger partial charge is 0.497 e. The van der Waals surface area contributed by atoms with Crippen LogP contribution in [0.1, 0.15) is 19.8 Å². The van der Waals surface area contributed by atoms with Crippen molar-refractivity contribution < 1.29 is 27.5 Å². The molecule has 32 heavy (non-hydrogen) atoms. The van der Waals surface area contributed by atoms with Gasteiger partial charge >= 0.3 is 5.97 Å². The van der Waals surface area contributed by atoms with Crippen LogP contribution in [0.15, 0.2) is 35.4 Å². The first-order chi connectivity index (χ1) is 15.1. The number of sulfonamides is 1. The lowest BCUT2D eigenvalue weighted by Crippen LogP contribution is -2.53. The zero-order chi connectivity index (χ0) is 23.1. The monoisotopic (exact) mass is 463 g/mol. The van der Waals surface area contributed by atoms with Crippen molar-refractivity contribution in [3.8, 4) is 5.75 Å². The minimum absolute atomic E-state index is 0.188. The Labute approximate surface area is 188 Å². The van der Waals surface area contributed by atoms with E-state index in [9.17, 15) is 18.0 Å². The number of esters is 1. The van der Waals surface area contributed by atoms with Gasteiger partial charge < -0.3 is 19.3 Å². The molecule has 0 aromatic heterocycles. The predicted molar refractivity (Wildman–Crippen MR) is 119 cm³/mol. The quantitative estimate of drug-likeness (QED) is 0.615. The number of anilines is 1. The minimum Gasteiger partial charge on any atom is -0.497 e. The van der Waals surface area contributed by atoms with Gasteiger partial charge in [0.15, 0.2) is 0 Å². The molecule has 2 saturated heterocycles. The second-order valence-corrected chi connectivity index (χ2v) is 10.5. The molecule has 174 valence electrons. The standard InChI is InChI=1S/C22H29N3O6S/c1-16-19(22(31-21(16)27)7-9-25(10-8-22)32(3,28)29)20(26)24-13-11-23(12-14-24)17-5-4-6-18(15-17)30-2/h4-6,15H,7-14H2,1-3H3. The molecule has 2 fully saturated rings. The minimum atomic E-state index is -3.33. The molecule has 1 spiro atoms. The number of piperidine rings is 1. The van der Waals surface area contributed by atoms with Crippen LogP contribution in [0.3, 0.4) is 0 Å². The Morgan fingerprint density at radius 1 is 1.09 bits per heavy atom. The van der Waals surface area contributed by atoms with E-state index in [1.807, 2.05) is 24.3 Å². The molecule has 0 unspecified atom stereocenters. The van der Waals surface area contributed by atoms with Crippen molar-refractivity contribution >= 4 is 27.6 Å². The smallest absolute Gasteiger partial charge is 0.335 e. The van der Waals surface area contributed by atoms with E-state index in [0.717, 1.165) is 11.4 Å². The fourth-order valence-corrected chi connectivity index (χ4v) is 5.61. The van der Waals surface area contributed by atoms with Crippen LogP contribution < -0.4 is 9.64 Å². The average Bonchev–Trinajstić information content (AvgIpc) is 3.02. The summed E-state index contributed by atoms with van der Waals surface area (Å²) < 4.78 is 36.1. The maximum atomic E-state index is 13.5. The number of hydrogen-bond donors (Lipinski definition) is 0. The third kappa shape index (κ3) is 4.09. The van der Waals surface area contributed by atoms with E-state index in [1.54, 1.807) is 18.9 Å². The molecule has 10 heteroatoms. The molecule has 0 atom stereocenters. The molecule has 4 rings (SSSR count). The maximum Gasteiger partial charge on any atom is 0.335 e. The number of ether oxygens (including phenoxy) is 2. The van der Waals surface area contributed by atoms with Crippen molar-refractivity contribution in [1.29, 1.82) is 0 Å². The van der Waals surface area contributed by atoms with E-state index in [0.29, 0.717) is 37.3 Å². The zero-order valence-corrected chi connectivity index (χ0v) is 19.5. The topological polar surface area (TPSA) is 96.5 Å². The number of amides is 1. The fraction of sp³-hybridized carbons (Fsp3) is 0.545. The average molecular weight is 464 g/mol. The van der Waals surface area contributed by atoms with Gasteiger partial charge in [-0.3, -0.25) is 4.79 Å². The Balaban J connectivity index is 1.48. The van der Waals surface area contributed by atoms with E-state index in [2.05, 4.69) is 4.90 Å². The molecule has 0 bridgehead atoms. The Hall–Kier alpha value is -2.59. The van der Waals surface area contributed by atoms with Gasteiger partial charge in [0, 0.05) is 69.4 Å². The van der Waals surface area contributed by atoms with Gasteiger partial charge in [-0.05, 0) is 19.1 Å². The van der Waals surface area contributed by atoms with Crippen molar-refractivity contribution in [2.75, 3.05) is 57.5 Å². The second kappa shape index (κ2) is 8.40. The first-order valence-corrected chi connectivity index (χ1v) is 12.6. The highest BCUT2D eigenvalue weighted by atomic mass is 32.2. The summed E-state index contributed by atoms with van der Waals surface area (Å²) in [6.45, 7) is 4.43. The number of methoxy groups -OCH3 is 1. The number of carbonyl (C=O) groups is 2. The molecule has 0 N–H and O–H groups in total.